The largest absolute Gasteiger partial charge is 0.481 e. The highest BCUT2D eigenvalue weighted by atomic mass is 32.2. The smallest absolute Gasteiger partial charge is 0.311 e. The van der Waals surface area contributed by atoms with E-state index in [2.05, 4.69) is 0 Å². The van der Waals surface area contributed by atoms with Gasteiger partial charge in [0.05, 0.1) is 16.9 Å². The normalized spacial score (nSPS) is 25.8. The summed E-state index contributed by atoms with van der Waals surface area (Å²) in [4.78, 5) is 25.8. The Bertz CT molecular complexity index is 807. The van der Waals surface area contributed by atoms with E-state index in [4.69, 9.17) is 0 Å². The van der Waals surface area contributed by atoms with Crippen LogP contribution in [0.3, 0.4) is 0 Å². The third kappa shape index (κ3) is 3.35. The van der Waals surface area contributed by atoms with Crippen LogP contribution in [0.15, 0.2) is 24.3 Å². The lowest BCUT2D eigenvalue weighted by atomic mass is 9.82. The fraction of sp³-hybridized carbons (Fsp3) is 0.529. The molecule has 1 unspecified atom stereocenters. The number of likely N-dealkylation sites (tertiary alicyclic amines) is 1. The third-order valence-electron chi connectivity index (χ3n) is 4.98. The zero-order chi connectivity index (χ0) is 18.2. The second-order valence-electron chi connectivity index (χ2n) is 6.99. The minimum Gasteiger partial charge on any atom is -0.481 e. The van der Waals surface area contributed by atoms with Crippen molar-refractivity contribution in [2.45, 2.75) is 26.2 Å². The number of carboxylic acid groups (broad SMARTS) is 1. The predicted octanol–water partition coefficient (Wildman–Crippen LogP) is 1.55. The predicted molar refractivity (Wildman–Crippen MR) is 93.1 cm³/mol. The number of nitrogens with zero attached hydrogens (tertiary/aromatic N) is 2. The van der Waals surface area contributed by atoms with Gasteiger partial charge in [0.1, 0.15) is 0 Å². The van der Waals surface area contributed by atoms with Crippen LogP contribution in [-0.2, 0) is 14.8 Å². The minimum atomic E-state index is -3.31. The topological polar surface area (TPSA) is 95.0 Å². The number of rotatable bonds is 3. The van der Waals surface area contributed by atoms with E-state index in [1.54, 1.807) is 36.1 Å². The molecule has 2 aliphatic heterocycles. The number of benzene rings is 1. The zero-order valence-corrected chi connectivity index (χ0v) is 15.0. The Morgan fingerprint density at radius 2 is 1.96 bits per heavy atom. The first kappa shape index (κ1) is 17.7. The van der Waals surface area contributed by atoms with Crippen LogP contribution in [0.1, 0.15) is 36.5 Å². The molecule has 1 amide bonds. The molecule has 0 spiro atoms. The van der Waals surface area contributed by atoms with Gasteiger partial charge in [-0.15, -0.1) is 0 Å². The van der Waals surface area contributed by atoms with Crippen LogP contribution in [0, 0.1) is 5.41 Å². The van der Waals surface area contributed by atoms with E-state index in [0.29, 0.717) is 43.6 Å². The number of carbonyl (C=O) groups excluding carboxylic acids is 1. The number of aliphatic carboxylic acids is 1. The summed E-state index contributed by atoms with van der Waals surface area (Å²) in [6.45, 7) is 2.74. The molecule has 2 saturated heterocycles. The molecule has 3 rings (SSSR count). The fourth-order valence-electron chi connectivity index (χ4n) is 3.49. The van der Waals surface area contributed by atoms with E-state index in [1.807, 2.05) is 0 Å². The van der Waals surface area contributed by atoms with Gasteiger partial charge >= 0.3 is 5.97 Å². The average molecular weight is 366 g/mol. The Morgan fingerprint density at radius 1 is 1.20 bits per heavy atom. The molecular weight excluding hydrogens is 344 g/mol. The molecule has 7 nitrogen and oxygen atoms in total. The Morgan fingerprint density at radius 3 is 2.60 bits per heavy atom. The SMILES string of the molecule is CC1(C(=O)O)CCCN(C(=O)c2cccc(N3CCCS3(=O)=O)c2)C1. The van der Waals surface area contributed by atoms with Gasteiger partial charge < -0.3 is 10.0 Å². The Kier molecular flexibility index (Phi) is 4.49. The molecule has 0 saturated carbocycles. The molecule has 1 aromatic carbocycles. The van der Waals surface area contributed by atoms with Crippen molar-refractivity contribution in [2.75, 3.05) is 29.7 Å². The Hall–Kier alpha value is -2.09. The van der Waals surface area contributed by atoms with Gasteiger partial charge in [-0.25, -0.2) is 8.42 Å². The van der Waals surface area contributed by atoms with Crippen molar-refractivity contribution < 1.29 is 23.1 Å². The summed E-state index contributed by atoms with van der Waals surface area (Å²) < 4.78 is 25.5. The van der Waals surface area contributed by atoms with Gasteiger partial charge in [-0.1, -0.05) is 6.07 Å². The molecule has 2 heterocycles. The monoisotopic (exact) mass is 366 g/mol. The maximum absolute atomic E-state index is 12.8. The summed E-state index contributed by atoms with van der Waals surface area (Å²) >= 11 is 0. The van der Waals surface area contributed by atoms with Crippen molar-refractivity contribution in [3.8, 4) is 0 Å². The number of piperidine rings is 1. The van der Waals surface area contributed by atoms with E-state index < -0.39 is 21.4 Å². The molecule has 2 fully saturated rings. The average Bonchev–Trinajstić information content (AvgIpc) is 2.93. The number of hydrogen-bond donors (Lipinski definition) is 1. The van der Waals surface area contributed by atoms with Gasteiger partial charge in [-0.2, -0.15) is 0 Å². The second-order valence-corrected chi connectivity index (χ2v) is 9.00. The highest BCUT2D eigenvalue weighted by Gasteiger charge is 2.39. The lowest BCUT2D eigenvalue weighted by Gasteiger charge is -2.37. The van der Waals surface area contributed by atoms with Crippen molar-refractivity contribution in [3.63, 3.8) is 0 Å². The van der Waals surface area contributed by atoms with E-state index in [1.165, 1.54) is 4.31 Å². The van der Waals surface area contributed by atoms with Crippen molar-refractivity contribution in [1.29, 1.82) is 0 Å². The first-order valence-electron chi connectivity index (χ1n) is 8.36. The molecule has 1 aromatic rings. The molecule has 1 N–H and O–H groups in total. The van der Waals surface area contributed by atoms with Gasteiger partial charge in [0.25, 0.3) is 5.91 Å². The molecule has 0 aliphatic carbocycles. The lowest BCUT2D eigenvalue weighted by Crippen LogP contribution is -2.48. The molecule has 136 valence electrons. The van der Waals surface area contributed by atoms with Crippen LogP contribution < -0.4 is 4.31 Å². The lowest BCUT2D eigenvalue weighted by molar-refractivity contribution is -0.150. The standard InChI is InChI=1S/C17H22N2O5S/c1-17(16(21)22)7-3-8-18(12-17)15(20)13-5-2-6-14(11-13)19-9-4-10-25(19,23)24/h2,5-6,11H,3-4,7-10,12H2,1H3,(H,21,22). The number of hydrogen-bond acceptors (Lipinski definition) is 4. The van der Waals surface area contributed by atoms with Crippen LogP contribution in [0.4, 0.5) is 5.69 Å². The van der Waals surface area contributed by atoms with Crippen LogP contribution >= 0.6 is 0 Å². The maximum atomic E-state index is 12.8. The zero-order valence-electron chi connectivity index (χ0n) is 14.1. The quantitative estimate of drug-likeness (QED) is 0.876. The van der Waals surface area contributed by atoms with Crippen molar-refractivity contribution in [2.24, 2.45) is 5.41 Å². The molecule has 8 heteroatoms. The summed E-state index contributed by atoms with van der Waals surface area (Å²) in [5, 5.41) is 9.40. The Labute approximate surface area is 147 Å². The molecule has 0 radical (unpaired) electrons. The number of carbonyl (C=O) groups is 2. The van der Waals surface area contributed by atoms with Crippen LogP contribution in [-0.4, -0.2) is 55.7 Å². The third-order valence-corrected chi connectivity index (χ3v) is 6.85. The molecule has 25 heavy (non-hydrogen) atoms. The minimum absolute atomic E-state index is 0.119. The molecule has 1 atom stereocenters. The van der Waals surface area contributed by atoms with E-state index in [-0.39, 0.29) is 18.2 Å². The van der Waals surface area contributed by atoms with E-state index >= 15 is 0 Å². The van der Waals surface area contributed by atoms with E-state index in [9.17, 15) is 23.1 Å². The molecule has 0 bridgehead atoms. The second kappa shape index (κ2) is 6.33. The van der Waals surface area contributed by atoms with Crippen LogP contribution in [0.25, 0.3) is 0 Å². The molecule has 0 aromatic heterocycles. The summed E-state index contributed by atoms with van der Waals surface area (Å²) in [5.41, 5.74) is -0.0697. The molecular formula is C17H22N2O5S. The van der Waals surface area contributed by atoms with Gasteiger partial charge in [0.2, 0.25) is 10.0 Å². The fourth-order valence-corrected chi connectivity index (χ4v) is 5.05. The first-order valence-corrected chi connectivity index (χ1v) is 9.97. The van der Waals surface area contributed by atoms with Gasteiger partial charge in [0.15, 0.2) is 0 Å². The Balaban J connectivity index is 1.84. The van der Waals surface area contributed by atoms with Gasteiger partial charge in [-0.3, -0.25) is 13.9 Å². The van der Waals surface area contributed by atoms with E-state index in [0.717, 1.165) is 0 Å². The highest BCUT2D eigenvalue weighted by Crippen LogP contribution is 2.31. The number of amides is 1. The van der Waals surface area contributed by atoms with Crippen molar-refractivity contribution >= 4 is 27.6 Å². The number of carboxylic acids is 1. The van der Waals surface area contributed by atoms with Gasteiger partial charge in [0, 0.05) is 25.2 Å². The van der Waals surface area contributed by atoms with Gasteiger partial charge in [-0.05, 0) is 44.4 Å². The summed E-state index contributed by atoms with van der Waals surface area (Å²) in [7, 11) is -3.31. The maximum Gasteiger partial charge on any atom is 0.311 e. The van der Waals surface area contributed by atoms with Crippen molar-refractivity contribution in [1.82, 2.24) is 4.90 Å². The summed E-state index contributed by atoms with van der Waals surface area (Å²) in [6, 6.07) is 6.56. The summed E-state index contributed by atoms with van der Waals surface area (Å²) in [5.74, 6) is -1.04. The van der Waals surface area contributed by atoms with Crippen LogP contribution in [0.5, 0.6) is 0 Å². The molecule has 2 aliphatic rings. The summed E-state index contributed by atoms with van der Waals surface area (Å²) in [6.07, 6.45) is 1.75. The number of anilines is 1. The van der Waals surface area contributed by atoms with Crippen LogP contribution in [0.2, 0.25) is 0 Å². The van der Waals surface area contributed by atoms with Crippen molar-refractivity contribution in [3.05, 3.63) is 29.8 Å². The first-order chi connectivity index (χ1) is 11.7. The highest BCUT2D eigenvalue weighted by molar-refractivity contribution is 7.93. The number of sulfonamides is 1.